The largest absolute Gasteiger partial charge is 0.486 e. The van der Waals surface area contributed by atoms with Gasteiger partial charge in [-0.2, -0.15) is 15.1 Å². The molecule has 0 radical (unpaired) electrons. The third-order valence-corrected chi connectivity index (χ3v) is 12.8. The van der Waals surface area contributed by atoms with Crippen LogP contribution in [-0.4, -0.2) is 69.1 Å². The summed E-state index contributed by atoms with van der Waals surface area (Å²) in [6.07, 6.45) is 3.93. The summed E-state index contributed by atoms with van der Waals surface area (Å²) in [6, 6.07) is 42.1. The molecule has 0 saturated heterocycles. The Hall–Kier alpha value is -7.11. The second kappa shape index (κ2) is 19.5. The summed E-state index contributed by atoms with van der Waals surface area (Å²) < 4.78 is 45.2. The summed E-state index contributed by atoms with van der Waals surface area (Å²) in [5.41, 5.74) is 5.45. The van der Waals surface area contributed by atoms with E-state index in [9.17, 15) is 4.79 Å². The van der Waals surface area contributed by atoms with Gasteiger partial charge in [0, 0.05) is 40.7 Å². The molecule has 6 aromatic carbocycles. The summed E-state index contributed by atoms with van der Waals surface area (Å²) >= 11 is 0. The zero-order chi connectivity index (χ0) is 51.2. The van der Waals surface area contributed by atoms with Gasteiger partial charge >= 0.3 is 12.0 Å². The van der Waals surface area contributed by atoms with Crippen molar-refractivity contribution in [3.63, 3.8) is 0 Å². The van der Waals surface area contributed by atoms with Crippen molar-refractivity contribution in [3.05, 3.63) is 178 Å². The highest BCUT2D eigenvalue weighted by Crippen LogP contribution is 2.54. The Labute approximate surface area is 423 Å². The zero-order valence-corrected chi connectivity index (χ0v) is 43.5. The maximum absolute atomic E-state index is 17.1. The third kappa shape index (κ3) is 10.4. The van der Waals surface area contributed by atoms with Crippen LogP contribution in [0.4, 0.5) is 4.39 Å². The lowest BCUT2D eigenvalue weighted by Crippen LogP contribution is -2.38. The average molecular weight is 968 g/mol. The van der Waals surface area contributed by atoms with Crippen LogP contribution in [0.3, 0.4) is 0 Å². The van der Waals surface area contributed by atoms with Crippen molar-refractivity contribution in [1.29, 1.82) is 0 Å². The number of fused-ring (bicyclic) bond motifs is 2. The number of hydrogen-bond acceptors (Lipinski definition) is 9. The molecule has 1 fully saturated rings. The van der Waals surface area contributed by atoms with Crippen LogP contribution in [-0.2, 0) is 16.9 Å². The van der Waals surface area contributed by atoms with E-state index in [0.29, 0.717) is 51.3 Å². The molecule has 11 heteroatoms. The fourth-order valence-electron chi connectivity index (χ4n) is 9.81. The van der Waals surface area contributed by atoms with Gasteiger partial charge in [-0.25, -0.2) is 9.18 Å². The number of benzene rings is 6. The van der Waals surface area contributed by atoms with Crippen LogP contribution in [0.25, 0.3) is 32.9 Å². The van der Waals surface area contributed by atoms with E-state index in [2.05, 4.69) is 67.4 Å². The molecule has 372 valence electrons. The summed E-state index contributed by atoms with van der Waals surface area (Å²) in [4.78, 5) is 25.4. The number of esters is 1. The van der Waals surface area contributed by atoms with E-state index >= 15 is 4.39 Å². The minimum Gasteiger partial charge on any atom is -0.486 e. The van der Waals surface area contributed by atoms with Gasteiger partial charge < -0.3 is 23.8 Å². The van der Waals surface area contributed by atoms with Crippen LogP contribution >= 0.6 is 0 Å². The third-order valence-electron chi connectivity index (χ3n) is 12.8. The molecule has 8 aromatic rings. The highest BCUT2D eigenvalue weighted by atomic mass is 19.1. The first kappa shape index (κ1) is 49.9. The zero-order valence-electron chi connectivity index (χ0n) is 43.5. The second-order valence-corrected chi connectivity index (χ2v) is 22.2. The molecule has 1 aliphatic carbocycles. The number of ether oxygens (including phenoxy) is 4. The smallest absolute Gasteiger partial charge is 0.338 e. The van der Waals surface area contributed by atoms with E-state index in [1.54, 1.807) is 18.2 Å². The van der Waals surface area contributed by atoms with E-state index in [-0.39, 0.29) is 24.0 Å². The van der Waals surface area contributed by atoms with E-state index in [4.69, 9.17) is 34.0 Å². The van der Waals surface area contributed by atoms with Crippen molar-refractivity contribution in [2.45, 2.75) is 104 Å². The predicted molar refractivity (Wildman–Crippen MR) is 284 cm³/mol. The molecule has 0 atom stereocenters. The van der Waals surface area contributed by atoms with Gasteiger partial charge in [-0.05, 0) is 133 Å². The SMILES string of the molecule is Cc1c(F)cc2nn(C(c3ccccc3)(c3ccccc3)c3ccccc3)cc2c1-c1c(C2CC2)cc2c(OC(C)(C)C)nc(OCC(C)(C)CN(C)C)nc2c1OCc1ccc(C(=O)OC(C)(C)C)cc1. The molecule has 0 N–H and O–H groups in total. The van der Waals surface area contributed by atoms with Crippen molar-refractivity contribution in [3.8, 4) is 28.8 Å². The number of carbonyl (C=O) groups is 1. The fraction of sp³-hybridized carbons (Fsp3) is 0.344. The quantitative estimate of drug-likeness (QED) is 0.0692. The number of hydrogen-bond donors (Lipinski definition) is 0. The van der Waals surface area contributed by atoms with Crippen molar-refractivity contribution < 1.29 is 28.1 Å². The van der Waals surface area contributed by atoms with E-state index in [1.165, 1.54) is 0 Å². The highest BCUT2D eigenvalue weighted by molar-refractivity contribution is 6.05. The van der Waals surface area contributed by atoms with Gasteiger partial charge in [-0.15, -0.1) is 0 Å². The lowest BCUT2D eigenvalue weighted by Gasteiger charge is -2.36. The number of rotatable bonds is 16. The first-order valence-electron chi connectivity index (χ1n) is 24.9. The molecule has 9 rings (SSSR count). The lowest BCUT2D eigenvalue weighted by molar-refractivity contribution is 0.00693. The molecule has 2 heterocycles. The van der Waals surface area contributed by atoms with Gasteiger partial charge in [0.05, 0.1) is 23.1 Å². The van der Waals surface area contributed by atoms with Crippen molar-refractivity contribution in [2.75, 3.05) is 27.2 Å². The number of carbonyl (C=O) groups excluding carboxylic acids is 1. The molecular formula is C61H66FN5O5. The Kier molecular flexibility index (Phi) is 13.5. The van der Waals surface area contributed by atoms with Gasteiger partial charge in [-0.3, -0.25) is 4.68 Å². The van der Waals surface area contributed by atoms with Crippen molar-refractivity contribution in [2.24, 2.45) is 5.41 Å². The topological polar surface area (TPSA) is 101 Å². The second-order valence-electron chi connectivity index (χ2n) is 22.2. The molecule has 10 nitrogen and oxygen atoms in total. The molecule has 0 bridgehead atoms. The van der Waals surface area contributed by atoms with Crippen molar-refractivity contribution >= 4 is 27.8 Å². The van der Waals surface area contributed by atoms with Crippen LogP contribution in [0.2, 0.25) is 0 Å². The predicted octanol–water partition coefficient (Wildman–Crippen LogP) is 13.5. The minimum absolute atomic E-state index is 0.0895. The molecule has 1 saturated carbocycles. The van der Waals surface area contributed by atoms with Crippen molar-refractivity contribution in [1.82, 2.24) is 24.6 Å². The maximum Gasteiger partial charge on any atom is 0.338 e. The normalized spacial score (nSPS) is 13.5. The first-order valence-corrected chi connectivity index (χ1v) is 24.9. The Balaban J connectivity index is 1.32. The Morgan fingerprint density at radius 2 is 1.31 bits per heavy atom. The van der Waals surface area contributed by atoms with E-state index in [0.717, 1.165) is 58.2 Å². The molecular weight excluding hydrogens is 902 g/mol. The lowest BCUT2D eigenvalue weighted by atomic mass is 9.77. The van der Waals surface area contributed by atoms with Crippen LogP contribution in [0, 0.1) is 18.2 Å². The summed E-state index contributed by atoms with van der Waals surface area (Å²) in [5.74, 6) is 0.124. The average Bonchev–Trinajstić information content (AvgIpc) is 4.10. The summed E-state index contributed by atoms with van der Waals surface area (Å²) in [7, 11) is 4.08. The Bertz CT molecular complexity index is 3130. The molecule has 0 unspecified atom stereocenters. The molecule has 2 aromatic heterocycles. The Morgan fingerprint density at radius 3 is 1.83 bits per heavy atom. The van der Waals surface area contributed by atoms with Crippen LogP contribution in [0.5, 0.6) is 17.6 Å². The molecule has 0 aliphatic heterocycles. The van der Waals surface area contributed by atoms with E-state index < -0.39 is 28.5 Å². The monoisotopic (exact) mass is 968 g/mol. The van der Waals surface area contributed by atoms with Gasteiger partial charge in [0.1, 0.15) is 34.7 Å². The molecule has 1 aliphatic rings. The van der Waals surface area contributed by atoms with Crippen LogP contribution in [0.15, 0.2) is 134 Å². The summed E-state index contributed by atoms with van der Waals surface area (Å²) in [5, 5.41) is 6.79. The van der Waals surface area contributed by atoms with Gasteiger partial charge in [0.25, 0.3) is 0 Å². The first-order chi connectivity index (χ1) is 34.2. The van der Waals surface area contributed by atoms with Crippen LogP contribution < -0.4 is 14.2 Å². The molecule has 72 heavy (non-hydrogen) atoms. The molecule has 0 amide bonds. The van der Waals surface area contributed by atoms with E-state index in [1.807, 2.05) is 134 Å². The summed E-state index contributed by atoms with van der Waals surface area (Å²) in [6.45, 7) is 18.8. The minimum atomic E-state index is -0.961. The number of nitrogens with zero attached hydrogens (tertiary/aromatic N) is 5. The standard InChI is InChI=1S/C61H66FN5O5/c1-39-49(62)34-50-48(35-67(65-50)61(43-21-15-12-16-22-43,44-23-17-13-18-24-44)45-25-19-14-20-26-45)51(39)52-46(41-31-32-41)33-47-53(54(52)69-36-40-27-29-42(30-28-40)56(68)72-59(5,6)7)63-57(64-55(47)71-58(2,3)4)70-38-60(8,9)37-66(10)11/h12-30,33-35,41H,31-32,36-38H2,1-11H3. The van der Waals surface area contributed by atoms with Gasteiger partial charge in [0.2, 0.25) is 5.88 Å². The number of aromatic nitrogens is 4. The maximum atomic E-state index is 17.1. The van der Waals surface area contributed by atoms with Crippen LogP contribution in [0.1, 0.15) is 118 Å². The highest BCUT2D eigenvalue weighted by Gasteiger charge is 2.41. The fourth-order valence-corrected chi connectivity index (χ4v) is 9.81. The Morgan fingerprint density at radius 1 is 0.722 bits per heavy atom. The van der Waals surface area contributed by atoms with Gasteiger partial charge in [-0.1, -0.05) is 117 Å². The number of halogens is 1. The van der Waals surface area contributed by atoms with Gasteiger partial charge in [0.15, 0.2) is 5.75 Å². The molecule has 0 spiro atoms.